The molecule has 1 N–H and O–H groups in total. The molecule has 0 saturated carbocycles. The number of halogens is 1. The summed E-state index contributed by atoms with van der Waals surface area (Å²) in [5.74, 6) is 0.257. The van der Waals surface area contributed by atoms with E-state index in [4.69, 9.17) is 11.6 Å². The van der Waals surface area contributed by atoms with Crippen molar-refractivity contribution in [2.75, 3.05) is 23.8 Å². The van der Waals surface area contributed by atoms with Gasteiger partial charge in [0.2, 0.25) is 0 Å². The van der Waals surface area contributed by atoms with Gasteiger partial charge in [-0.05, 0) is 76.1 Å². The van der Waals surface area contributed by atoms with Gasteiger partial charge in [-0.1, -0.05) is 24.9 Å². The average Bonchev–Trinajstić information content (AvgIpc) is 2.82. The van der Waals surface area contributed by atoms with E-state index in [1.54, 1.807) is 0 Å². The lowest BCUT2D eigenvalue weighted by atomic mass is 10.1. The standard InChI is InChI=1S/C21H33ClNOP/c1-5-11-19(25(6-2)12-9-7-8-10-13-25)21(24)23-20-16(3)14-18(22)15-17(20)4/h14-15,19H,5-13H2,1-4H3/p+1. The second-order valence-corrected chi connectivity index (χ2v) is 12.6. The summed E-state index contributed by atoms with van der Waals surface area (Å²) in [6.45, 7) is 8.59. The third-order valence-electron chi connectivity index (χ3n) is 5.86. The monoisotopic (exact) mass is 382 g/mol. The fraction of sp³-hybridized carbons (Fsp3) is 0.667. The van der Waals surface area contributed by atoms with Crippen molar-refractivity contribution in [2.24, 2.45) is 0 Å². The topological polar surface area (TPSA) is 29.1 Å². The summed E-state index contributed by atoms with van der Waals surface area (Å²) in [4.78, 5) is 13.4. The number of anilines is 1. The maximum absolute atomic E-state index is 13.4. The Morgan fingerprint density at radius 2 is 1.68 bits per heavy atom. The molecule has 1 unspecified atom stereocenters. The van der Waals surface area contributed by atoms with Crippen molar-refractivity contribution in [3.05, 3.63) is 28.3 Å². The second-order valence-electron chi connectivity index (χ2n) is 7.60. The number of carbonyl (C=O) groups excluding carboxylic acids is 1. The third-order valence-corrected chi connectivity index (χ3v) is 11.6. The highest BCUT2D eigenvalue weighted by atomic mass is 35.5. The first-order chi connectivity index (χ1) is 11.9. The minimum absolute atomic E-state index is 0.218. The van der Waals surface area contributed by atoms with E-state index in [0.717, 1.165) is 34.7 Å². The number of rotatable bonds is 6. The zero-order valence-corrected chi connectivity index (χ0v) is 18.0. The highest BCUT2D eigenvalue weighted by Crippen LogP contribution is 2.66. The van der Waals surface area contributed by atoms with Crippen LogP contribution >= 0.6 is 18.9 Å². The molecule has 1 heterocycles. The van der Waals surface area contributed by atoms with Crippen molar-refractivity contribution in [1.82, 2.24) is 0 Å². The summed E-state index contributed by atoms with van der Waals surface area (Å²) < 4.78 is 0. The first kappa shape index (κ1) is 20.7. The Hall–Kier alpha value is -0.590. The molecular weight excluding hydrogens is 349 g/mol. The Kier molecular flexibility index (Phi) is 7.77. The molecule has 0 aliphatic carbocycles. The van der Waals surface area contributed by atoms with Gasteiger partial charge in [0.1, 0.15) is 5.66 Å². The molecule has 1 fully saturated rings. The van der Waals surface area contributed by atoms with E-state index in [1.165, 1.54) is 44.2 Å². The van der Waals surface area contributed by atoms with E-state index in [9.17, 15) is 4.79 Å². The second kappa shape index (κ2) is 9.38. The normalized spacial score (nSPS) is 18.4. The molecular formula is C21H34ClNOP+. The zero-order chi connectivity index (χ0) is 18.4. The molecule has 4 heteroatoms. The van der Waals surface area contributed by atoms with Crippen molar-refractivity contribution in [3.8, 4) is 0 Å². The molecule has 1 amide bonds. The van der Waals surface area contributed by atoms with E-state index in [-0.39, 0.29) is 11.6 Å². The molecule has 2 nitrogen and oxygen atoms in total. The van der Waals surface area contributed by atoms with Gasteiger partial charge in [-0.2, -0.15) is 0 Å². The van der Waals surface area contributed by atoms with Gasteiger partial charge in [-0.25, -0.2) is 0 Å². The number of hydrogen-bond donors (Lipinski definition) is 1. The number of aryl methyl sites for hydroxylation is 2. The Bertz CT molecular complexity index is 571. The van der Waals surface area contributed by atoms with Gasteiger partial charge >= 0.3 is 0 Å². The fourth-order valence-corrected chi connectivity index (χ4v) is 9.73. The number of nitrogens with one attached hydrogen (secondary N) is 1. The maximum atomic E-state index is 13.4. The summed E-state index contributed by atoms with van der Waals surface area (Å²) in [5, 5.41) is 4.03. The summed E-state index contributed by atoms with van der Waals surface area (Å²) in [6, 6.07) is 3.88. The first-order valence-corrected chi connectivity index (χ1v) is 12.7. The largest absolute Gasteiger partial charge is 0.322 e. The minimum Gasteiger partial charge on any atom is -0.322 e. The van der Waals surface area contributed by atoms with Crippen LogP contribution in [0, 0.1) is 13.8 Å². The molecule has 1 saturated heterocycles. The van der Waals surface area contributed by atoms with Gasteiger partial charge < -0.3 is 5.32 Å². The third kappa shape index (κ3) is 4.98. The van der Waals surface area contributed by atoms with Gasteiger partial charge in [0.25, 0.3) is 5.91 Å². The highest BCUT2D eigenvalue weighted by molar-refractivity contribution is 7.77. The maximum Gasteiger partial charge on any atom is 0.265 e. The molecule has 0 bridgehead atoms. The molecule has 0 aromatic heterocycles. The molecule has 2 rings (SSSR count). The van der Waals surface area contributed by atoms with Gasteiger partial charge in [-0.15, -0.1) is 0 Å². The highest BCUT2D eigenvalue weighted by Gasteiger charge is 2.47. The van der Waals surface area contributed by atoms with Gasteiger partial charge in [0, 0.05) is 18.0 Å². The summed E-state index contributed by atoms with van der Waals surface area (Å²) in [7, 11) is -1.21. The van der Waals surface area contributed by atoms with Crippen LogP contribution in [0.3, 0.4) is 0 Å². The quantitative estimate of drug-likeness (QED) is 0.546. The molecule has 1 atom stereocenters. The summed E-state index contributed by atoms with van der Waals surface area (Å²) in [6.07, 6.45) is 11.2. The number of carbonyl (C=O) groups is 1. The first-order valence-electron chi connectivity index (χ1n) is 9.87. The van der Waals surface area contributed by atoms with Crippen molar-refractivity contribution in [3.63, 3.8) is 0 Å². The molecule has 0 radical (unpaired) electrons. The Balaban J connectivity index is 2.28. The molecule has 1 aromatic rings. The van der Waals surface area contributed by atoms with E-state index in [0.29, 0.717) is 0 Å². The van der Waals surface area contributed by atoms with Gasteiger partial charge in [-0.3, -0.25) is 4.79 Å². The van der Waals surface area contributed by atoms with Crippen LogP contribution in [0.25, 0.3) is 0 Å². The van der Waals surface area contributed by atoms with Crippen molar-refractivity contribution in [1.29, 1.82) is 0 Å². The molecule has 1 aromatic carbocycles. The van der Waals surface area contributed by atoms with E-state index in [1.807, 2.05) is 26.0 Å². The molecule has 25 heavy (non-hydrogen) atoms. The molecule has 1 aliphatic rings. The average molecular weight is 383 g/mol. The van der Waals surface area contributed by atoms with Crippen LogP contribution in [-0.2, 0) is 4.79 Å². The number of benzene rings is 1. The van der Waals surface area contributed by atoms with Crippen LogP contribution in [0.15, 0.2) is 12.1 Å². The lowest BCUT2D eigenvalue weighted by Gasteiger charge is -2.33. The van der Waals surface area contributed by atoms with E-state index < -0.39 is 7.26 Å². The van der Waals surface area contributed by atoms with Gasteiger partial charge in [0.15, 0.2) is 0 Å². The predicted molar refractivity (Wildman–Crippen MR) is 114 cm³/mol. The van der Waals surface area contributed by atoms with Gasteiger partial charge in [0.05, 0.1) is 18.5 Å². The number of amides is 1. The summed E-state index contributed by atoms with van der Waals surface area (Å²) in [5.41, 5.74) is 3.28. The predicted octanol–water partition coefficient (Wildman–Crippen LogP) is 6.68. The zero-order valence-electron chi connectivity index (χ0n) is 16.3. The smallest absolute Gasteiger partial charge is 0.265 e. The minimum atomic E-state index is -1.21. The van der Waals surface area contributed by atoms with Crippen molar-refractivity contribution < 1.29 is 4.79 Å². The van der Waals surface area contributed by atoms with Crippen LogP contribution in [-0.4, -0.2) is 30.1 Å². The van der Waals surface area contributed by atoms with Crippen molar-refractivity contribution >= 4 is 30.5 Å². The van der Waals surface area contributed by atoms with Crippen LogP contribution in [0.5, 0.6) is 0 Å². The Labute approximate surface area is 159 Å². The van der Waals surface area contributed by atoms with E-state index in [2.05, 4.69) is 19.2 Å². The SMILES string of the molecule is CCCC(C(=O)Nc1c(C)cc(Cl)cc1C)[P+]1(CC)CCCCCC1. The lowest BCUT2D eigenvalue weighted by molar-refractivity contribution is -0.116. The van der Waals surface area contributed by atoms with Crippen LogP contribution in [0.4, 0.5) is 5.69 Å². The van der Waals surface area contributed by atoms with Crippen LogP contribution in [0.2, 0.25) is 5.02 Å². The van der Waals surface area contributed by atoms with E-state index >= 15 is 0 Å². The Morgan fingerprint density at radius 1 is 1.12 bits per heavy atom. The fourth-order valence-electron chi connectivity index (χ4n) is 4.41. The molecule has 1 aliphatic heterocycles. The lowest BCUT2D eigenvalue weighted by Crippen LogP contribution is -2.34. The molecule has 140 valence electrons. The van der Waals surface area contributed by atoms with Crippen LogP contribution < -0.4 is 5.32 Å². The van der Waals surface area contributed by atoms with Crippen molar-refractivity contribution in [2.45, 2.75) is 71.9 Å². The molecule has 0 spiro atoms. The Morgan fingerprint density at radius 3 is 2.16 bits per heavy atom. The van der Waals surface area contributed by atoms with Crippen LogP contribution in [0.1, 0.15) is 63.5 Å². The number of hydrogen-bond acceptors (Lipinski definition) is 1. The summed E-state index contributed by atoms with van der Waals surface area (Å²) >= 11 is 6.15.